The van der Waals surface area contributed by atoms with Crippen LogP contribution in [0.2, 0.25) is 0 Å². The molecule has 0 aliphatic carbocycles. The zero-order valence-electron chi connectivity index (χ0n) is 25.3. The summed E-state index contributed by atoms with van der Waals surface area (Å²) in [5, 5.41) is 0. The van der Waals surface area contributed by atoms with Crippen molar-refractivity contribution < 1.29 is 4.74 Å². The van der Waals surface area contributed by atoms with Crippen molar-refractivity contribution in [1.82, 2.24) is 0 Å². The Morgan fingerprint density at radius 1 is 0.641 bits per heavy atom. The van der Waals surface area contributed by atoms with E-state index < -0.39 is 0 Å². The van der Waals surface area contributed by atoms with E-state index in [0.717, 1.165) is 5.75 Å². The van der Waals surface area contributed by atoms with E-state index in [-0.39, 0.29) is 6.71 Å². The Kier molecular flexibility index (Phi) is 7.51. The highest BCUT2D eigenvalue weighted by Gasteiger charge is 2.39. The number of hydrogen-bond acceptors (Lipinski definition) is 1. The third kappa shape index (κ3) is 4.95. The van der Waals surface area contributed by atoms with Crippen LogP contribution >= 0.6 is 0 Å². The van der Waals surface area contributed by atoms with Crippen molar-refractivity contribution in [1.29, 1.82) is 0 Å². The van der Waals surface area contributed by atoms with Crippen LogP contribution < -0.4 is 21.1 Å². The third-order valence-corrected chi connectivity index (χ3v) is 8.73. The number of ether oxygens (including phenoxy) is 1. The molecule has 1 nitrogen and oxygen atoms in total. The maximum atomic E-state index is 6.42. The van der Waals surface area contributed by atoms with Gasteiger partial charge in [-0.05, 0) is 89.1 Å². The summed E-state index contributed by atoms with van der Waals surface area (Å²) in [5.74, 6) is 2.38. The number of aryl methyl sites for hydroxylation is 2. The van der Waals surface area contributed by atoms with Crippen LogP contribution in [-0.4, -0.2) is 6.71 Å². The first-order valence-electron chi connectivity index (χ1n) is 14.7. The maximum Gasteiger partial charge on any atom is 0.243 e. The molecule has 1 aliphatic rings. The van der Waals surface area contributed by atoms with Crippen LogP contribution in [0.4, 0.5) is 0 Å². The molecule has 4 aromatic carbocycles. The fraction of sp³-hybridized carbons (Fsp3) is 0.351. The van der Waals surface area contributed by atoms with E-state index in [1.807, 2.05) is 0 Å². The summed E-state index contributed by atoms with van der Waals surface area (Å²) in [6.45, 7) is 21.7. The molecule has 4 aromatic rings. The van der Waals surface area contributed by atoms with Crippen LogP contribution in [0, 0.1) is 20.8 Å². The predicted molar refractivity (Wildman–Crippen MR) is 170 cm³/mol. The lowest BCUT2D eigenvalue weighted by Gasteiger charge is -2.27. The summed E-state index contributed by atoms with van der Waals surface area (Å²) in [6, 6.07) is 24.8. The van der Waals surface area contributed by atoms with Gasteiger partial charge in [-0.3, -0.25) is 0 Å². The van der Waals surface area contributed by atoms with Crippen LogP contribution in [-0.2, 0) is 6.61 Å². The molecule has 0 amide bonds. The van der Waals surface area contributed by atoms with Crippen LogP contribution in [0.3, 0.4) is 0 Å². The second-order valence-electron chi connectivity index (χ2n) is 12.5. The Balaban J connectivity index is 1.75. The van der Waals surface area contributed by atoms with E-state index >= 15 is 0 Å². The summed E-state index contributed by atoms with van der Waals surface area (Å²) < 4.78 is 6.42. The molecule has 0 saturated heterocycles. The Bertz CT molecular complexity index is 1480. The predicted octanol–water partition coefficient (Wildman–Crippen LogP) is 8.06. The smallest absolute Gasteiger partial charge is 0.243 e. The lowest BCUT2D eigenvalue weighted by molar-refractivity contribution is 0.304. The minimum Gasteiger partial charge on any atom is -0.489 e. The van der Waals surface area contributed by atoms with Crippen LogP contribution in [0.1, 0.15) is 98.2 Å². The van der Waals surface area contributed by atoms with Gasteiger partial charge in [-0.2, -0.15) is 0 Å². The average molecular weight is 515 g/mol. The monoisotopic (exact) mass is 514 g/mol. The summed E-state index contributed by atoms with van der Waals surface area (Å²) in [4.78, 5) is 0. The largest absolute Gasteiger partial charge is 0.489 e. The molecule has 1 heterocycles. The van der Waals surface area contributed by atoms with Crippen molar-refractivity contribution in [2.45, 2.75) is 86.7 Å². The molecule has 0 N–H and O–H groups in total. The molecule has 1 aliphatic heterocycles. The lowest BCUT2D eigenvalue weighted by Crippen LogP contribution is -2.53. The van der Waals surface area contributed by atoms with Crippen molar-refractivity contribution in [3.63, 3.8) is 0 Å². The summed E-state index contributed by atoms with van der Waals surface area (Å²) >= 11 is 0. The van der Waals surface area contributed by atoms with Crippen molar-refractivity contribution in [2.24, 2.45) is 0 Å². The maximum absolute atomic E-state index is 6.42. The van der Waals surface area contributed by atoms with E-state index in [1.54, 1.807) is 0 Å². The Hall–Kier alpha value is -3.26. The van der Waals surface area contributed by atoms with Gasteiger partial charge in [0.2, 0.25) is 6.71 Å². The summed E-state index contributed by atoms with van der Waals surface area (Å²) in [6.07, 6.45) is 0. The standard InChI is InChI=1S/C37H43BO/c1-22(2)29-18-31(23(3)4)37(32(19-29)24(5)6)38-34-17-26(8)35(39-21-28-13-11-10-12-14-28)20-33(34)30-16-15-25(7)27(9)36(30)38/h10-20,22-24H,21H2,1-9H3. The molecule has 0 unspecified atom stereocenters. The van der Waals surface area contributed by atoms with Gasteiger partial charge in [0.15, 0.2) is 0 Å². The highest BCUT2D eigenvalue weighted by Crippen LogP contribution is 2.34. The molecule has 39 heavy (non-hydrogen) atoms. The Morgan fingerprint density at radius 3 is 1.87 bits per heavy atom. The van der Waals surface area contributed by atoms with Crippen molar-refractivity contribution >= 4 is 23.1 Å². The topological polar surface area (TPSA) is 9.23 Å². The van der Waals surface area contributed by atoms with Gasteiger partial charge >= 0.3 is 0 Å². The molecule has 0 radical (unpaired) electrons. The lowest BCUT2D eigenvalue weighted by atomic mass is 9.36. The van der Waals surface area contributed by atoms with E-state index in [9.17, 15) is 0 Å². The van der Waals surface area contributed by atoms with E-state index in [0.29, 0.717) is 24.4 Å². The SMILES string of the molecule is Cc1cc2c(cc1OCc1ccccc1)-c1ccc(C)c(C)c1B2c1c(C(C)C)cc(C(C)C)cc1C(C)C. The van der Waals surface area contributed by atoms with Gasteiger partial charge in [0.25, 0.3) is 0 Å². The molecule has 2 heteroatoms. The normalized spacial score (nSPS) is 12.5. The van der Waals surface area contributed by atoms with Gasteiger partial charge in [-0.1, -0.05) is 124 Å². The second kappa shape index (κ2) is 10.7. The van der Waals surface area contributed by atoms with E-state index in [4.69, 9.17) is 4.74 Å². The van der Waals surface area contributed by atoms with E-state index in [1.165, 1.54) is 66.5 Å². The highest BCUT2D eigenvalue weighted by molar-refractivity contribution is 6.99. The molecule has 5 rings (SSSR count). The van der Waals surface area contributed by atoms with Gasteiger partial charge in [-0.15, -0.1) is 0 Å². The van der Waals surface area contributed by atoms with Gasteiger partial charge in [0.1, 0.15) is 12.4 Å². The molecule has 0 spiro atoms. The fourth-order valence-corrected chi connectivity index (χ4v) is 6.32. The highest BCUT2D eigenvalue weighted by atomic mass is 16.5. The minimum absolute atomic E-state index is 0.229. The first kappa shape index (κ1) is 27.3. The minimum atomic E-state index is 0.229. The first-order valence-corrected chi connectivity index (χ1v) is 14.7. The Morgan fingerprint density at radius 2 is 1.28 bits per heavy atom. The molecular weight excluding hydrogens is 471 g/mol. The molecular formula is C37H43BO. The summed E-state index contributed by atoms with van der Waals surface area (Å²) in [7, 11) is 0. The number of benzene rings is 4. The molecule has 0 atom stereocenters. The zero-order valence-corrected chi connectivity index (χ0v) is 25.3. The van der Waals surface area contributed by atoms with Gasteiger partial charge in [0, 0.05) is 0 Å². The van der Waals surface area contributed by atoms with Crippen LogP contribution in [0.5, 0.6) is 5.75 Å². The number of rotatable bonds is 7. The zero-order chi connectivity index (χ0) is 28.0. The van der Waals surface area contributed by atoms with Gasteiger partial charge < -0.3 is 4.74 Å². The van der Waals surface area contributed by atoms with Gasteiger partial charge in [0.05, 0.1) is 0 Å². The van der Waals surface area contributed by atoms with Gasteiger partial charge in [-0.25, -0.2) is 0 Å². The van der Waals surface area contributed by atoms with Crippen LogP contribution in [0.25, 0.3) is 11.1 Å². The van der Waals surface area contributed by atoms with Crippen LogP contribution in [0.15, 0.2) is 66.7 Å². The third-order valence-electron chi connectivity index (χ3n) is 8.73. The fourth-order valence-electron chi connectivity index (χ4n) is 6.32. The number of hydrogen-bond donors (Lipinski definition) is 0. The van der Waals surface area contributed by atoms with Crippen molar-refractivity contribution in [2.75, 3.05) is 0 Å². The molecule has 0 saturated carbocycles. The molecule has 0 bridgehead atoms. The second-order valence-corrected chi connectivity index (χ2v) is 12.5. The Labute approximate surface area is 236 Å². The molecule has 200 valence electrons. The summed E-state index contributed by atoms with van der Waals surface area (Å²) in [5.41, 5.74) is 16.7. The van der Waals surface area contributed by atoms with Crippen molar-refractivity contribution in [3.05, 3.63) is 106 Å². The number of fused-ring (bicyclic) bond motifs is 3. The quantitative estimate of drug-likeness (QED) is 0.200. The van der Waals surface area contributed by atoms with Crippen molar-refractivity contribution in [3.8, 4) is 16.9 Å². The average Bonchev–Trinajstić information content (AvgIpc) is 3.22. The molecule has 0 fully saturated rings. The first-order chi connectivity index (χ1) is 18.6. The molecule has 0 aromatic heterocycles. The van der Waals surface area contributed by atoms with E-state index in [2.05, 4.69) is 129 Å².